The second kappa shape index (κ2) is 8.15. The SMILES string of the molecule is CCOC(=O)C1=CC2[C@@H](c3ccccc3)[C@H](c3ccc(Cl)cc3)C[C@]2(C(=O)OC)O1. The minimum Gasteiger partial charge on any atom is -0.468 e. The molecule has 156 valence electrons. The Morgan fingerprint density at radius 1 is 1.10 bits per heavy atom. The fourth-order valence-corrected chi connectivity index (χ4v) is 4.89. The number of fused-ring (bicyclic) bond motifs is 1. The molecule has 1 unspecified atom stereocenters. The average molecular weight is 427 g/mol. The zero-order valence-electron chi connectivity index (χ0n) is 16.8. The summed E-state index contributed by atoms with van der Waals surface area (Å²) in [6, 6.07) is 17.6. The molecule has 1 aliphatic heterocycles. The van der Waals surface area contributed by atoms with Crippen molar-refractivity contribution in [3.63, 3.8) is 0 Å². The second-order valence-electron chi connectivity index (χ2n) is 7.56. The zero-order valence-corrected chi connectivity index (χ0v) is 17.6. The van der Waals surface area contributed by atoms with Gasteiger partial charge < -0.3 is 14.2 Å². The van der Waals surface area contributed by atoms with Crippen molar-refractivity contribution in [3.8, 4) is 0 Å². The van der Waals surface area contributed by atoms with Gasteiger partial charge in [-0.1, -0.05) is 54.1 Å². The molecule has 0 saturated heterocycles. The van der Waals surface area contributed by atoms with Crippen LogP contribution in [0.2, 0.25) is 5.02 Å². The van der Waals surface area contributed by atoms with Crippen molar-refractivity contribution in [2.75, 3.05) is 13.7 Å². The molecule has 2 aromatic carbocycles. The third kappa shape index (κ3) is 3.37. The van der Waals surface area contributed by atoms with E-state index >= 15 is 0 Å². The van der Waals surface area contributed by atoms with Gasteiger partial charge in [0.25, 0.3) is 0 Å². The molecule has 0 N–H and O–H groups in total. The topological polar surface area (TPSA) is 61.8 Å². The lowest BCUT2D eigenvalue weighted by Gasteiger charge is -2.27. The number of halogens is 1. The number of benzene rings is 2. The summed E-state index contributed by atoms with van der Waals surface area (Å²) in [5.41, 5.74) is 0.848. The summed E-state index contributed by atoms with van der Waals surface area (Å²) in [6.07, 6.45) is 2.12. The molecule has 2 aromatic rings. The molecule has 0 spiro atoms. The predicted molar refractivity (Wildman–Crippen MR) is 112 cm³/mol. The molecule has 1 saturated carbocycles. The number of methoxy groups -OCH3 is 1. The second-order valence-corrected chi connectivity index (χ2v) is 8.00. The summed E-state index contributed by atoms with van der Waals surface area (Å²) in [5.74, 6) is -1.45. The Hall–Kier alpha value is -2.79. The number of ether oxygens (including phenoxy) is 3. The van der Waals surface area contributed by atoms with Crippen molar-refractivity contribution in [1.29, 1.82) is 0 Å². The van der Waals surface area contributed by atoms with E-state index < -0.39 is 17.5 Å². The van der Waals surface area contributed by atoms with E-state index in [1.165, 1.54) is 7.11 Å². The van der Waals surface area contributed by atoms with Crippen LogP contribution < -0.4 is 0 Å². The minimum absolute atomic E-state index is 0.0197. The minimum atomic E-state index is -1.28. The number of carbonyl (C=O) groups is 2. The number of hydrogen-bond donors (Lipinski definition) is 0. The lowest BCUT2D eigenvalue weighted by molar-refractivity contribution is -0.167. The van der Waals surface area contributed by atoms with Crippen molar-refractivity contribution in [2.24, 2.45) is 5.92 Å². The molecule has 0 radical (unpaired) electrons. The summed E-state index contributed by atoms with van der Waals surface area (Å²) in [5, 5.41) is 0.650. The van der Waals surface area contributed by atoms with Crippen LogP contribution in [0, 0.1) is 5.92 Å². The first-order valence-electron chi connectivity index (χ1n) is 9.97. The maximum atomic E-state index is 13.0. The summed E-state index contributed by atoms with van der Waals surface area (Å²) in [6.45, 7) is 1.96. The molecular formula is C24H23ClO5. The molecule has 0 amide bonds. The number of carbonyl (C=O) groups excluding carboxylic acids is 2. The van der Waals surface area contributed by atoms with Crippen LogP contribution in [0.4, 0.5) is 0 Å². The van der Waals surface area contributed by atoms with Gasteiger partial charge in [-0.3, -0.25) is 0 Å². The van der Waals surface area contributed by atoms with Crippen LogP contribution >= 0.6 is 11.6 Å². The zero-order chi connectivity index (χ0) is 21.3. The van der Waals surface area contributed by atoms with E-state index in [4.69, 9.17) is 25.8 Å². The standard InChI is InChI=1S/C24H23ClO5/c1-3-29-22(26)20-13-19-21(16-7-5-4-6-8-16)18(15-9-11-17(25)12-10-15)14-24(19,30-20)23(27)28-2/h4-13,18-19,21H,3,14H2,1-2H3/t18-,19?,21-,24-/m0/s1. The monoisotopic (exact) mass is 426 g/mol. The van der Waals surface area contributed by atoms with Crippen molar-refractivity contribution >= 4 is 23.5 Å². The highest BCUT2D eigenvalue weighted by atomic mass is 35.5. The van der Waals surface area contributed by atoms with Gasteiger partial charge in [0.05, 0.1) is 13.7 Å². The lowest BCUT2D eigenvalue weighted by Crippen LogP contribution is -2.43. The van der Waals surface area contributed by atoms with Crippen LogP contribution in [0.1, 0.15) is 36.3 Å². The molecule has 30 heavy (non-hydrogen) atoms. The summed E-state index contributed by atoms with van der Waals surface area (Å²) in [7, 11) is 1.34. The van der Waals surface area contributed by atoms with Crippen LogP contribution in [0.25, 0.3) is 0 Å². The molecule has 0 aromatic heterocycles. The largest absolute Gasteiger partial charge is 0.468 e. The third-order valence-electron chi connectivity index (χ3n) is 6.00. The van der Waals surface area contributed by atoms with Crippen LogP contribution in [0.3, 0.4) is 0 Å². The van der Waals surface area contributed by atoms with Gasteiger partial charge in [-0.25, -0.2) is 9.59 Å². The highest BCUT2D eigenvalue weighted by Crippen LogP contribution is 2.60. The van der Waals surface area contributed by atoms with Gasteiger partial charge in [-0.15, -0.1) is 0 Å². The van der Waals surface area contributed by atoms with Crippen LogP contribution in [0.5, 0.6) is 0 Å². The first-order chi connectivity index (χ1) is 14.5. The first-order valence-corrected chi connectivity index (χ1v) is 10.3. The van der Waals surface area contributed by atoms with Crippen molar-refractivity contribution in [3.05, 3.63) is 82.6 Å². The number of hydrogen-bond acceptors (Lipinski definition) is 5. The third-order valence-corrected chi connectivity index (χ3v) is 6.25. The van der Waals surface area contributed by atoms with E-state index in [9.17, 15) is 9.59 Å². The lowest BCUT2D eigenvalue weighted by atomic mass is 9.78. The fraction of sp³-hybridized carbons (Fsp3) is 0.333. The van der Waals surface area contributed by atoms with E-state index in [1.807, 2.05) is 54.6 Å². The number of rotatable bonds is 5. The molecule has 1 aliphatic carbocycles. The van der Waals surface area contributed by atoms with E-state index in [2.05, 4.69) is 0 Å². The van der Waals surface area contributed by atoms with E-state index in [-0.39, 0.29) is 30.1 Å². The summed E-state index contributed by atoms with van der Waals surface area (Å²) < 4.78 is 16.3. The van der Waals surface area contributed by atoms with Crippen LogP contribution in [0.15, 0.2) is 66.4 Å². The molecule has 6 heteroatoms. The van der Waals surface area contributed by atoms with Gasteiger partial charge in [0, 0.05) is 23.3 Å². The highest BCUT2D eigenvalue weighted by molar-refractivity contribution is 6.30. The van der Waals surface area contributed by atoms with Crippen LogP contribution in [-0.2, 0) is 23.8 Å². The molecule has 4 atom stereocenters. The molecule has 0 bridgehead atoms. The van der Waals surface area contributed by atoms with Crippen molar-refractivity contribution < 1.29 is 23.8 Å². The summed E-state index contributed by atoms with van der Waals surface area (Å²) in [4.78, 5) is 25.4. The average Bonchev–Trinajstić information content (AvgIpc) is 3.29. The fourth-order valence-electron chi connectivity index (χ4n) is 4.77. The predicted octanol–water partition coefficient (Wildman–Crippen LogP) is 4.62. The first kappa shape index (κ1) is 20.5. The van der Waals surface area contributed by atoms with Gasteiger partial charge in [-0.05, 0) is 42.2 Å². The molecule has 2 aliphatic rings. The van der Waals surface area contributed by atoms with Gasteiger partial charge in [0.2, 0.25) is 11.4 Å². The Bertz CT molecular complexity index is 969. The van der Waals surface area contributed by atoms with Gasteiger partial charge in [-0.2, -0.15) is 0 Å². The Balaban J connectivity index is 1.83. The quantitative estimate of drug-likeness (QED) is 0.653. The smallest absolute Gasteiger partial charge is 0.373 e. The van der Waals surface area contributed by atoms with E-state index in [0.29, 0.717) is 11.4 Å². The van der Waals surface area contributed by atoms with Crippen LogP contribution in [-0.4, -0.2) is 31.3 Å². The van der Waals surface area contributed by atoms with Gasteiger partial charge in [0.15, 0.2) is 0 Å². The maximum Gasteiger partial charge on any atom is 0.373 e. The Kier molecular flexibility index (Phi) is 5.56. The number of esters is 2. The Morgan fingerprint density at radius 2 is 1.80 bits per heavy atom. The molecule has 4 rings (SSSR count). The Morgan fingerprint density at radius 3 is 2.43 bits per heavy atom. The summed E-state index contributed by atoms with van der Waals surface area (Å²) >= 11 is 6.09. The van der Waals surface area contributed by atoms with Crippen molar-refractivity contribution in [2.45, 2.75) is 30.8 Å². The van der Waals surface area contributed by atoms with E-state index in [1.54, 1.807) is 13.0 Å². The maximum absolute atomic E-state index is 13.0. The van der Waals surface area contributed by atoms with Crippen molar-refractivity contribution in [1.82, 2.24) is 0 Å². The Labute approximate surface area is 180 Å². The molecule has 1 heterocycles. The molecule has 1 fully saturated rings. The molecule has 5 nitrogen and oxygen atoms in total. The van der Waals surface area contributed by atoms with E-state index in [0.717, 1.165) is 11.1 Å². The molecular weight excluding hydrogens is 404 g/mol. The van der Waals surface area contributed by atoms with Gasteiger partial charge in [0.1, 0.15) is 0 Å². The van der Waals surface area contributed by atoms with Gasteiger partial charge >= 0.3 is 11.9 Å². The normalized spacial score (nSPS) is 27.0. The highest BCUT2D eigenvalue weighted by Gasteiger charge is 2.64.